The number of carbonyl (C=O) groups is 2. The highest BCUT2D eigenvalue weighted by Gasteiger charge is 2.72. The lowest BCUT2D eigenvalue weighted by molar-refractivity contribution is -0.143. The Morgan fingerprint density at radius 2 is 1.86 bits per heavy atom. The Labute approximate surface area is 165 Å². The summed E-state index contributed by atoms with van der Waals surface area (Å²) < 4.78 is 0.934. The molecule has 142 valence electrons. The van der Waals surface area contributed by atoms with Crippen LogP contribution in [0.5, 0.6) is 0 Å². The summed E-state index contributed by atoms with van der Waals surface area (Å²) in [6, 6.07) is 7.28. The van der Waals surface area contributed by atoms with Crippen LogP contribution < -0.4 is 5.56 Å². The number of pyridine rings is 2. The Hall–Kier alpha value is -2.80. The number of H-pyrrole nitrogens is 1. The van der Waals surface area contributed by atoms with Crippen molar-refractivity contribution in [1.82, 2.24) is 14.9 Å². The van der Waals surface area contributed by atoms with E-state index in [-0.39, 0.29) is 41.2 Å². The van der Waals surface area contributed by atoms with Crippen molar-refractivity contribution in [2.45, 2.75) is 27.3 Å². The highest BCUT2D eigenvalue weighted by molar-refractivity contribution is 7.19. The minimum absolute atomic E-state index is 0.0614. The number of piperidine rings is 1. The molecular weight excluding hydrogens is 374 g/mol. The van der Waals surface area contributed by atoms with Crippen molar-refractivity contribution in [1.29, 1.82) is 0 Å². The van der Waals surface area contributed by atoms with Crippen LogP contribution in [0.25, 0.3) is 21.5 Å². The lowest BCUT2D eigenvalue weighted by atomic mass is 10.1. The van der Waals surface area contributed by atoms with Crippen molar-refractivity contribution in [2.24, 2.45) is 17.3 Å². The fourth-order valence-electron chi connectivity index (χ4n) is 4.42. The Balaban J connectivity index is 1.51. The Morgan fingerprint density at radius 3 is 2.54 bits per heavy atom. The number of hydrogen-bond acceptors (Lipinski definition) is 5. The van der Waals surface area contributed by atoms with Gasteiger partial charge in [-0.1, -0.05) is 13.8 Å². The van der Waals surface area contributed by atoms with Gasteiger partial charge in [0.25, 0.3) is 0 Å². The quantitative estimate of drug-likeness (QED) is 0.693. The van der Waals surface area contributed by atoms with E-state index in [1.165, 1.54) is 16.2 Å². The first-order valence-electron chi connectivity index (χ1n) is 9.21. The van der Waals surface area contributed by atoms with Gasteiger partial charge in [-0.3, -0.25) is 24.3 Å². The first-order valence-corrected chi connectivity index (χ1v) is 10.0. The van der Waals surface area contributed by atoms with Crippen LogP contribution in [-0.4, -0.2) is 26.7 Å². The van der Waals surface area contributed by atoms with Crippen LogP contribution in [-0.2, 0) is 16.1 Å². The number of likely N-dealkylation sites (tertiary alicyclic amines) is 1. The number of thiophene rings is 1. The lowest BCUT2D eigenvalue weighted by Crippen LogP contribution is -2.35. The molecule has 5 rings (SSSR count). The van der Waals surface area contributed by atoms with E-state index in [0.29, 0.717) is 0 Å². The highest BCUT2D eigenvalue weighted by Crippen LogP contribution is 2.63. The number of nitrogens with one attached hydrogen (secondary N) is 1. The van der Waals surface area contributed by atoms with E-state index < -0.39 is 0 Å². The number of nitrogens with zero attached hydrogens (tertiary/aromatic N) is 2. The number of amides is 2. The van der Waals surface area contributed by atoms with E-state index in [2.05, 4.69) is 9.97 Å². The van der Waals surface area contributed by atoms with E-state index >= 15 is 0 Å². The van der Waals surface area contributed by atoms with Gasteiger partial charge in [0.2, 0.25) is 17.4 Å². The third kappa shape index (κ3) is 2.39. The molecule has 4 heterocycles. The largest absolute Gasteiger partial charge is 0.322 e. The SMILES string of the molecule is Cc1cc(-c2ccnc3cc(CN4C(=O)C5C(C4=O)C5(C)C)sc23)[nH]c(=O)c1. The number of fused-ring (bicyclic) bond motifs is 2. The predicted octanol–water partition coefficient (Wildman–Crippen LogP) is 3.10. The van der Waals surface area contributed by atoms with Crippen LogP contribution >= 0.6 is 11.3 Å². The average Bonchev–Trinajstić information content (AvgIpc) is 2.88. The second-order valence-electron chi connectivity index (χ2n) is 8.26. The maximum Gasteiger partial charge on any atom is 0.248 e. The van der Waals surface area contributed by atoms with Crippen LogP contribution in [0.4, 0.5) is 0 Å². The number of carbonyl (C=O) groups excluding carboxylic acids is 2. The normalized spacial score (nSPS) is 22.8. The molecule has 0 radical (unpaired) electrons. The number of aryl methyl sites for hydroxylation is 1. The molecule has 3 aromatic heterocycles. The molecule has 28 heavy (non-hydrogen) atoms. The van der Waals surface area contributed by atoms with Gasteiger partial charge in [0.15, 0.2) is 0 Å². The van der Waals surface area contributed by atoms with Crippen LogP contribution in [0.2, 0.25) is 0 Å². The number of aromatic amines is 1. The van der Waals surface area contributed by atoms with E-state index in [4.69, 9.17) is 0 Å². The number of hydrogen-bond donors (Lipinski definition) is 1. The molecule has 1 saturated heterocycles. The molecule has 1 aliphatic carbocycles. The molecule has 2 aliphatic rings. The molecule has 0 spiro atoms. The monoisotopic (exact) mass is 393 g/mol. The van der Waals surface area contributed by atoms with E-state index in [1.54, 1.807) is 12.3 Å². The minimum Gasteiger partial charge on any atom is -0.322 e. The van der Waals surface area contributed by atoms with Crippen LogP contribution in [0.15, 0.2) is 35.3 Å². The molecule has 1 N–H and O–H groups in total. The van der Waals surface area contributed by atoms with Gasteiger partial charge >= 0.3 is 0 Å². The summed E-state index contributed by atoms with van der Waals surface area (Å²) >= 11 is 1.51. The minimum atomic E-state index is -0.198. The van der Waals surface area contributed by atoms with Gasteiger partial charge in [0.05, 0.1) is 34.3 Å². The molecule has 2 unspecified atom stereocenters. The standard InChI is InChI=1S/C21H19N3O3S/c1-10-6-13(23-15(25)7-10)12-4-5-22-14-8-11(28-18(12)14)9-24-19(26)16-17(20(24)27)21(16,2)3/h4-8,16-17H,9H2,1-3H3,(H,23,25). The summed E-state index contributed by atoms with van der Waals surface area (Å²) in [5.74, 6) is -0.455. The molecule has 1 saturated carbocycles. The fraction of sp³-hybridized carbons (Fsp3) is 0.333. The zero-order chi connectivity index (χ0) is 19.8. The second kappa shape index (κ2) is 5.61. The molecular formula is C21H19N3O3S. The molecule has 2 amide bonds. The van der Waals surface area contributed by atoms with E-state index in [9.17, 15) is 14.4 Å². The molecule has 3 aromatic rings. The zero-order valence-corrected chi connectivity index (χ0v) is 16.6. The third-order valence-corrected chi connectivity index (χ3v) is 7.09. The van der Waals surface area contributed by atoms with Gasteiger partial charge in [0, 0.05) is 22.7 Å². The smallest absolute Gasteiger partial charge is 0.248 e. The van der Waals surface area contributed by atoms with Crippen molar-refractivity contribution in [2.75, 3.05) is 0 Å². The molecule has 0 aromatic carbocycles. The summed E-state index contributed by atoms with van der Waals surface area (Å²) in [5, 5.41) is 0. The molecule has 1 aliphatic heterocycles. The highest BCUT2D eigenvalue weighted by atomic mass is 32.1. The Bertz CT molecular complexity index is 1200. The second-order valence-corrected chi connectivity index (χ2v) is 9.40. The van der Waals surface area contributed by atoms with Crippen molar-refractivity contribution in [3.05, 3.63) is 51.3 Å². The van der Waals surface area contributed by atoms with Gasteiger partial charge in [-0.2, -0.15) is 0 Å². The summed E-state index contributed by atoms with van der Waals surface area (Å²) in [5.41, 5.74) is 2.97. The Kier molecular flexibility index (Phi) is 3.47. The number of imide groups is 1. The summed E-state index contributed by atoms with van der Waals surface area (Å²) in [6.45, 7) is 6.13. The maximum absolute atomic E-state index is 12.6. The van der Waals surface area contributed by atoms with Crippen LogP contribution in [0.3, 0.4) is 0 Å². The zero-order valence-electron chi connectivity index (χ0n) is 15.8. The van der Waals surface area contributed by atoms with Gasteiger partial charge < -0.3 is 4.98 Å². The number of aromatic nitrogens is 2. The van der Waals surface area contributed by atoms with Gasteiger partial charge in [-0.15, -0.1) is 11.3 Å². The fourth-order valence-corrected chi connectivity index (χ4v) is 5.55. The summed E-state index contributed by atoms with van der Waals surface area (Å²) in [7, 11) is 0. The number of rotatable bonds is 3. The predicted molar refractivity (Wildman–Crippen MR) is 107 cm³/mol. The van der Waals surface area contributed by atoms with Crippen molar-refractivity contribution in [3.63, 3.8) is 0 Å². The van der Waals surface area contributed by atoms with Gasteiger partial charge in [-0.05, 0) is 36.1 Å². The van der Waals surface area contributed by atoms with Crippen LogP contribution in [0.1, 0.15) is 24.3 Å². The van der Waals surface area contributed by atoms with Gasteiger partial charge in [-0.25, -0.2) is 0 Å². The third-order valence-electron chi connectivity index (χ3n) is 5.95. The molecule has 6 nitrogen and oxygen atoms in total. The molecule has 2 fully saturated rings. The summed E-state index contributed by atoms with van der Waals surface area (Å²) in [6.07, 6.45) is 1.71. The van der Waals surface area contributed by atoms with E-state index in [1.807, 2.05) is 39.0 Å². The van der Waals surface area contributed by atoms with Gasteiger partial charge in [0.1, 0.15) is 0 Å². The van der Waals surface area contributed by atoms with Crippen LogP contribution in [0, 0.1) is 24.2 Å². The average molecular weight is 393 g/mol. The Morgan fingerprint density at radius 1 is 1.14 bits per heavy atom. The molecule has 7 heteroatoms. The topological polar surface area (TPSA) is 83.1 Å². The van der Waals surface area contributed by atoms with E-state index in [0.717, 1.165) is 31.9 Å². The van der Waals surface area contributed by atoms with Crippen molar-refractivity contribution in [3.8, 4) is 11.3 Å². The van der Waals surface area contributed by atoms with Crippen molar-refractivity contribution >= 4 is 33.4 Å². The lowest BCUT2D eigenvalue weighted by Gasteiger charge is -2.19. The summed E-state index contributed by atoms with van der Waals surface area (Å²) in [4.78, 5) is 46.7. The first kappa shape index (κ1) is 17.3. The maximum atomic E-state index is 12.6. The molecule has 0 bridgehead atoms. The first-order chi connectivity index (χ1) is 13.3. The molecule has 2 atom stereocenters. The van der Waals surface area contributed by atoms with Crippen molar-refractivity contribution < 1.29 is 9.59 Å².